The number of carbonyl (C=O) groups excluding carboxylic acids is 2. The molecule has 1 unspecified atom stereocenters. The molecular formula is C13H17F3N4O4. The largest absolute Gasteiger partial charge is 0.480 e. The van der Waals surface area contributed by atoms with Crippen LogP contribution in [0.2, 0.25) is 0 Å². The number of carbonyl (C=O) groups is 3. The van der Waals surface area contributed by atoms with Gasteiger partial charge >= 0.3 is 12.1 Å². The standard InChI is InChI=1S/C13H17F3N4O4/c1-8(12(23)24)20(6-4-17-9(2)21)11(22)7-19-5-3-10(18-19)13(14,15)16/h3,5,8H,4,6-7H2,1-2H3,(H,17,21)(H,23,24). The minimum absolute atomic E-state index is 0.0194. The second-order valence-corrected chi connectivity index (χ2v) is 4.98. The number of aromatic nitrogens is 2. The maximum Gasteiger partial charge on any atom is 0.435 e. The minimum Gasteiger partial charge on any atom is -0.480 e. The van der Waals surface area contributed by atoms with Gasteiger partial charge in [-0.3, -0.25) is 14.3 Å². The maximum absolute atomic E-state index is 12.5. The van der Waals surface area contributed by atoms with Crippen molar-refractivity contribution in [2.75, 3.05) is 13.1 Å². The van der Waals surface area contributed by atoms with E-state index in [4.69, 9.17) is 5.11 Å². The summed E-state index contributed by atoms with van der Waals surface area (Å²) in [5, 5.41) is 14.7. The molecule has 2 N–H and O–H groups in total. The van der Waals surface area contributed by atoms with Gasteiger partial charge in [0.1, 0.15) is 12.6 Å². The third-order valence-electron chi connectivity index (χ3n) is 3.10. The van der Waals surface area contributed by atoms with Crippen LogP contribution in [-0.4, -0.2) is 56.7 Å². The first-order chi connectivity index (χ1) is 11.0. The Morgan fingerprint density at radius 2 is 2.04 bits per heavy atom. The first kappa shape index (κ1) is 19.5. The van der Waals surface area contributed by atoms with Crippen LogP contribution in [-0.2, 0) is 27.1 Å². The van der Waals surface area contributed by atoms with Crippen molar-refractivity contribution in [3.05, 3.63) is 18.0 Å². The molecule has 0 bridgehead atoms. The fourth-order valence-corrected chi connectivity index (χ4v) is 1.85. The summed E-state index contributed by atoms with van der Waals surface area (Å²) in [6.45, 7) is 1.89. The number of carboxylic acids is 1. The number of nitrogens with one attached hydrogen (secondary N) is 1. The second-order valence-electron chi connectivity index (χ2n) is 4.98. The van der Waals surface area contributed by atoms with Crippen molar-refractivity contribution in [1.29, 1.82) is 0 Å². The lowest BCUT2D eigenvalue weighted by atomic mass is 10.2. The van der Waals surface area contributed by atoms with Gasteiger partial charge in [-0.2, -0.15) is 18.3 Å². The molecule has 1 aromatic heterocycles. The number of hydrogen-bond acceptors (Lipinski definition) is 4. The normalized spacial score (nSPS) is 12.5. The average molecular weight is 350 g/mol. The second kappa shape index (κ2) is 7.79. The van der Waals surface area contributed by atoms with Crippen molar-refractivity contribution in [3.8, 4) is 0 Å². The maximum atomic E-state index is 12.5. The molecule has 1 atom stereocenters. The predicted octanol–water partition coefficient (Wildman–Crippen LogP) is 0.340. The Balaban J connectivity index is 2.81. The fraction of sp³-hybridized carbons (Fsp3) is 0.538. The molecule has 134 valence electrons. The highest BCUT2D eigenvalue weighted by molar-refractivity contribution is 5.83. The summed E-state index contributed by atoms with van der Waals surface area (Å²) < 4.78 is 38.2. The third-order valence-corrected chi connectivity index (χ3v) is 3.10. The van der Waals surface area contributed by atoms with Crippen molar-refractivity contribution in [2.45, 2.75) is 32.6 Å². The molecule has 0 saturated carbocycles. The van der Waals surface area contributed by atoms with E-state index < -0.39 is 36.3 Å². The molecule has 1 aromatic rings. The Kier molecular flexibility index (Phi) is 6.32. The van der Waals surface area contributed by atoms with Crippen LogP contribution in [0.3, 0.4) is 0 Å². The molecule has 24 heavy (non-hydrogen) atoms. The minimum atomic E-state index is -4.63. The molecule has 11 heteroatoms. The predicted molar refractivity (Wildman–Crippen MR) is 74.7 cm³/mol. The Morgan fingerprint density at radius 3 is 2.50 bits per heavy atom. The molecule has 2 amide bonds. The molecule has 0 saturated heterocycles. The molecular weight excluding hydrogens is 333 g/mol. The van der Waals surface area contributed by atoms with Gasteiger partial charge in [0.05, 0.1) is 0 Å². The van der Waals surface area contributed by atoms with Crippen molar-refractivity contribution < 1.29 is 32.7 Å². The SMILES string of the molecule is CC(=O)NCCN(C(=O)Cn1ccc(C(F)(F)F)n1)C(C)C(=O)O. The fourth-order valence-electron chi connectivity index (χ4n) is 1.85. The van der Waals surface area contributed by atoms with Gasteiger partial charge in [0.2, 0.25) is 11.8 Å². The number of halogens is 3. The first-order valence-electron chi connectivity index (χ1n) is 6.89. The molecule has 0 spiro atoms. The zero-order valence-corrected chi connectivity index (χ0v) is 13.0. The van der Waals surface area contributed by atoms with Crippen LogP contribution in [0, 0.1) is 0 Å². The number of rotatable bonds is 7. The quantitative estimate of drug-likeness (QED) is 0.738. The number of aliphatic carboxylic acids is 1. The van der Waals surface area contributed by atoms with Gasteiger partial charge in [0.25, 0.3) is 0 Å². The van der Waals surface area contributed by atoms with E-state index in [1.54, 1.807) is 0 Å². The zero-order chi connectivity index (χ0) is 18.5. The van der Waals surface area contributed by atoms with Crippen LogP contribution in [0.15, 0.2) is 12.3 Å². The lowest BCUT2D eigenvalue weighted by molar-refractivity contribution is -0.149. The summed E-state index contributed by atoms with van der Waals surface area (Å²) in [6.07, 6.45) is -3.65. The number of carboxylic acid groups (broad SMARTS) is 1. The Bertz CT molecular complexity index is 615. The summed E-state index contributed by atoms with van der Waals surface area (Å²) in [6, 6.07) is -0.487. The Morgan fingerprint density at radius 1 is 1.42 bits per heavy atom. The van der Waals surface area contributed by atoms with E-state index in [0.29, 0.717) is 0 Å². The van der Waals surface area contributed by atoms with Gasteiger partial charge < -0.3 is 15.3 Å². The molecule has 0 aliphatic heterocycles. The van der Waals surface area contributed by atoms with Crippen LogP contribution >= 0.6 is 0 Å². The van der Waals surface area contributed by atoms with Crippen LogP contribution < -0.4 is 5.32 Å². The zero-order valence-electron chi connectivity index (χ0n) is 13.0. The van der Waals surface area contributed by atoms with E-state index >= 15 is 0 Å². The molecule has 0 aromatic carbocycles. The molecule has 0 fully saturated rings. The number of nitrogens with zero attached hydrogens (tertiary/aromatic N) is 3. The summed E-state index contributed by atoms with van der Waals surface area (Å²) in [5.74, 6) is -2.36. The topological polar surface area (TPSA) is 105 Å². The van der Waals surface area contributed by atoms with Crippen LogP contribution in [0.25, 0.3) is 0 Å². The van der Waals surface area contributed by atoms with E-state index in [1.165, 1.54) is 13.8 Å². The summed E-state index contributed by atoms with van der Waals surface area (Å²) >= 11 is 0. The summed E-state index contributed by atoms with van der Waals surface area (Å²) in [7, 11) is 0. The summed E-state index contributed by atoms with van der Waals surface area (Å²) in [5.41, 5.74) is -1.15. The average Bonchev–Trinajstić information content (AvgIpc) is 2.90. The molecule has 0 radical (unpaired) electrons. The van der Waals surface area contributed by atoms with Gasteiger partial charge in [-0.15, -0.1) is 0 Å². The number of alkyl halides is 3. The Labute approximate surface area is 135 Å². The van der Waals surface area contributed by atoms with Gasteiger partial charge in [-0.1, -0.05) is 0 Å². The van der Waals surface area contributed by atoms with Crippen LogP contribution in [0.4, 0.5) is 13.2 Å². The smallest absolute Gasteiger partial charge is 0.435 e. The molecule has 1 rings (SSSR count). The third kappa shape index (κ3) is 5.56. The number of amides is 2. The molecule has 8 nitrogen and oxygen atoms in total. The highest BCUT2D eigenvalue weighted by Crippen LogP contribution is 2.27. The van der Waals surface area contributed by atoms with E-state index in [-0.39, 0.29) is 19.0 Å². The van der Waals surface area contributed by atoms with Crippen molar-refractivity contribution >= 4 is 17.8 Å². The van der Waals surface area contributed by atoms with Gasteiger partial charge in [-0.05, 0) is 13.0 Å². The Hall–Kier alpha value is -2.59. The van der Waals surface area contributed by atoms with Crippen LogP contribution in [0.5, 0.6) is 0 Å². The van der Waals surface area contributed by atoms with E-state index in [0.717, 1.165) is 21.8 Å². The van der Waals surface area contributed by atoms with Gasteiger partial charge in [0, 0.05) is 26.2 Å². The van der Waals surface area contributed by atoms with Crippen molar-refractivity contribution in [3.63, 3.8) is 0 Å². The molecule has 1 heterocycles. The van der Waals surface area contributed by atoms with Crippen molar-refractivity contribution in [2.24, 2.45) is 0 Å². The van der Waals surface area contributed by atoms with E-state index in [2.05, 4.69) is 10.4 Å². The number of hydrogen-bond donors (Lipinski definition) is 2. The van der Waals surface area contributed by atoms with Crippen molar-refractivity contribution in [1.82, 2.24) is 20.0 Å². The lowest BCUT2D eigenvalue weighted by Gasteiger charge is -2.26. The van der Waals surface area contributed by atoms with Crippen LogP contribution in [0.1, 0.15) is 19.5 Å². The monoisotopic (exact) mass is 350 g/mol. The molecule has 0 aliphatic carbocycles. The van der Waals surface area contributed by atoms with Gasteiger partial charge in [-0.25, -0.2) is 4.79 Å². The first-order valence-corrected chi connectivity index (χ1v) is 6.89. The highest BCUT2D eigenvalue weighted by Gasteiger charge is 2.34. The summed E-state index contributed by atoms with van der Waals surface area (Å²) in [4.78, 5) is 35.1. The van der Waals surface area contributed by atoms with Gasteiger partial charge in [0.15, 0.2) is 5.69 Å². The van der Waals surface area contributed by atoms with E-state index in [9.17, 15) is 27.6 Å². The lowest BCUT2D eigenvalue weighted by Crippen LogP contribution is -2.48. The van der Waals surface area contributed by atoms with E-state index in [1.807, 2.05) is 0 Å². The molecule has 0 aliphatic rings. The highest BCUT2D eigenvalue weighted by atomic mass is 19.4.